The third kappa shape index (κ3) is 1.48. The van der Waals surface area contributed by atoms with Gasteiger partial charge in [-0.15, -0.1) is 0 Å². The molecule has 12 heavy (non-hydrogen) atoms. The Balaban J connectivity index is 2.49. The minimum absolute atomic E-state index is 0.917. The average molecular weight is 222 g/mol. The lowest BCUT2D eigenvalue weighted by Crippen LogP contribution is -1.96. The van der Waals surface area contributed by atoms with Crippen LogP contribution in [0, 0.1) is 0 Å². The van der Waals surface area contributed by atoms with Gasteiger partial charge >= 0.3 is 0 Å². The van der Waals surface area contributed by atoms with E-state index in [1.807, 2.05) is 24.4 Å². The second-order valence-corrected chi connectivity index (χ2v) is 3.56. The fourth-order valence-corrected chi connectivity index (χ4v) is 1.61. The van der Waals surface area contributed by atoms with Crippen LogP contribution < -0.4 is 0 Å². The van der Waals surface area contributed by atoms with Crippen LogP contribution in [0.4, 0.5) is 0 Å². The van der Waals surface area contributed by atoms with Crippen LogP contribution in [0.1, 0.15) is 6.42 Å². The Morgan fingerprint density at radius 1 is 1.25 bits per heavy atom. The molecule has 1 heterocycles. The first kappa shape index (κ1) is 7.74. The van der Waals surface area contributed by atoms with E-state index in [1.165, 1.54) is 5.57 Å². The molecule has 1 aliphatic carbocycles. The molecule has 0 fully saturated rings. The molecule has 2 heteroatoms. The molecule has 0 atom stereocenters. The molecule has 0 aromatic carbocycles. The topological polar surface area (TPSA) is 12.4 Å². The summed E-state index contributed by atoms with van der Waals surface area (Å²) in [5.74, 6) is 0. The van der Waals surface area contributed by atoms with E-state index in [1.54, 1.807) is 0 Å². The first-order valence-corrected chi connectivity index (χ1v) is 4.62. The van der Waals surface area contributed by atoms with Crippen molar-refractivity contribution in [3.8, 4) is 0 Å². The molecule has 1 aliphatic heterocycles. The Kier molecular flexibility index (Phi) is 2.09. The summed E-state index contributed by atoms with van der Waals surface area (Å²) in [7, 11) is 0. The first-order chi connectivity index (χ1) is 5.86. The summed E-state index contributed by atoms with van der Waals surface area (Å²) in [5.41, 5.74) is 2.40. The summed E-state index contributed by atoms with van der Waals surface area (Å²) >= 11 is 3.48. The lowest BCUT2D eigenvalue weighted by atomic mass is 10.1. The van der Waals surface area contributed by atoms with Gasteiger partial charge in [-0.05, 0) is 33.7 Å². The fraction of sp³-hybridized carbons (Fsp3) is 0.100. The zero-order chi connectivity index (χ0) is 8.39. The number of fused-ring (bicyclic) bond motifs is 2. The molecule has 0 aromatic heterocycles. The summed E-state index contributed by atoms with van der Waals surface area (Å²) in [6, 6.07) is 0. The molecular formula is C10H8BrN. The van der Waals surface area contributed by atoms with Crippen LogP contribution in [0.2, 0.25) is 0 Å². The molecular weight excluding hydrogens is 214 g/mol. The van der Waals surface area contributed by atoms with Gasteiger partial charge in [0.1, 0.15) is 0 Å². The fourth-order valence-electron chi connectivity index (χ4n) is 1.21. The van der Waals surface area contributed by atoms with Gasteiger partial charge in [0.25, 0.3) is 0 Å². The molecule has 0 radical (unpaired) electrons. The molecule has 2 aliphatic rings. The maximum absolute atomic E-state index is 4.31. The minimum atomic E-state index is 0.917. The molecule has 0 spiro atoms. The molecule has 2 bridgehead atoms. The van der Waals surface area contributed by atoms with E-state index < -0.39 is 0 Å². The van der Waals surface area contributed by atoms with Crippen molar-refractivity contribution < 1.29 is 0 Å². The monoisotopic (exact) mass is 221 g/mol. The molecule has 0 unspecified atom stereocenters. The van der Waals surface area contributed by atoms with E-state index in [2.05, 4.69) is 33.1 Å². The summed E-state index contributed by atoms with van der Waals surface area (Å²) in [5, 5.41) is 0. The summed E-state index contributed by atoms with van der Waals surface area (Å²) in [4.78, 5) is 4.31. The second kappa shape index (κ2) is 3.23. The van der Waals surface area contributed by atoms with Gasteiger partial charge in [0.05, 0.1) is 5.71 Å². The van der Waals surface area contributed by atoms with Crippen molar-refractivity contribution in [2.75, 3.05) is 0 Å². The third-order valence-corrected chi connectivity index (χ3v) is 2.55. The minimum Gasteiger partial charge on any atom is -0.260 e. The normalized spacial score (nSPS) is 20.6. The molecule has 0 saturated heterocycles. The molecule has 0 aromatic rings. The quantitative estimate of drug-likeness (QED) is 0.597. The van der Waals surface area contributed by atoms with Crippen LogP contribution in [-0.2, 0) is 0 Å². The standard InChI is InChI=1S/C10H8BrN/c11-9-5-1-3-8-4-2-6-12-10(9)7-8/h1-6H,7H2. The number of aliphatic imine (C=N–C) groups is 1. The maximum atomic E-state index is 4.31. The predicted octanol–water partition coefficient (Wildman–Crippen LogP) is 3.12. The SMILES string of the molecule is BrC1=CC=CC2=CC=CN=C1C2. The van der Waals surface area contributed by atoms with Crippen molar-refractivity contribution in [1.82, 2.24) is 0 Å². The van der Waals surface area contributed by atoms with Crippen molar-refractivity contribution in [1.29, 1.82) is 0 Å². The van der Waals surface area contributed by atoms with Gasteiger partial charge in [-0.25, -0.2) is 0 Å². The molecule has 1 nitrogen and oxygen atoms in total. The van der Waals surface area contributed by atoms with Gasteiger partial charge in [0.2, 0.25) is 0 Å². The maximum Gasteiger partial charge on any atom is 0.0589 e. The number of halogens is 1. The van der Waals surface area contributed by atoms with Crippen molar-refractivity contribution in [3.63, 3.8) is 0 Å². The van der Waals surface area contributed by atoms with E-state index in [9.17, 15) is 0 Å². The Morgan fingerprint density at radius 2 is 2.17 bits per heavy atom. The highest BCUT2D eigenvalue weighted by molar-refractivity contribution is 9.12. The van der Waals surface area contributed by atoms with Gasteiger partial charge in [-0.3, -0.25) is 4.99 Å². The number of nitrogens with zero attached hydrogens (tertiary/aromatic N) is 1. The average Bonchev–Trinajstić information content (AvgIpc) is 2.38. The number of rotatable bonds is 0. The number of hydrogen-bond acceptors (Lipinski definition) is 1. The Labute approximate surface area is 80.0 Å². The zero-order valence-electron chi connectivity index (χ0n) is 6.50. The van der Waals surface area contributed by atoms with Crippen molar-refractivity contribution in [2.45, 2.75) is 6.42 Å². The number of allylic oxidation sites excluding steroid dienone is 7. The van der Waals surface area contributed by atoms with Crippen LogP contribution >= 0.6 is 15.9 Å². The van der Waals surface area contributed by atoms with Gasteiger partial charge in [-0.2, -0.15) is 0 Å². The van der Waals surface area contributed by atoms with Crippen LogP contribution in [0.25, 0.3) is 0 Å². The number of hydrogen-bond donors (Lipinski definition) is 0. The van der Waals surface area contributed by atoms with E-state index in [0.717, 1.165) is 16.6 Å². The van der Waals surface area contributed by atoms with Gasteiger partial charge < -0.3 is 0 Å². The van der Waals surface area contributed by atoms with Gasteiger partial charge in [0, 0.05) is 17.1 Å². The zero-order valence-corrected chi connectivity index (χ0v) is 8.08. The van der Waals surface area contributed by atoms with Crippen molar-refractivity contribution in [3.05, 3.63) is 46.6 Å². The Morgan fingerprint density at radius 3 is 3.08 bits per heavy atom. The van der Waals surface area contributed by atoms with E-state index in [0.29, 0.717) is 0 Å². The highest BCUT2D eigenvalue weighted by atomic mass is 79.9. The predicted molar refractivity (Wildman–Crippen MR) is 55.4 cm³/mol. The van der Waals surface area contributed by atoms with Crippen LogP contribution in [0.3, 0.4) is 0 Å². The Bertz CT molecular complexity index is 343. The summed E-state index contributed by atoms with van der Waals surface area (Å²) < 4.78 is 1.08. The van der Waals surface area contributed by atoms with E-state index in [4.69, 9.17) is 0 Å². The van der Waals surface area contributed by atoms with Gasteiger partial charge in [0.15, 0.2) is 0 Å². The van der Waals surface area contributed by atoms with E-state index >= 15 is 0 Å². The third-order valence-electron chi connectivity index (χ3n) is 1.83. The smallest absolute Gasteiger partial charge is 0.0589 e. The first-order valence-electron chi connectivity index (χ1n) is 3.83. The molecule has 0 N–H and O–H groups in total. The molecule has 0 amide bonds. The van der Waals surface area contributed by atoms with Crippen molar-refractivity contribution in [2.24, 2.45) is 4.99 Å². The van der Waals surface area contributed by atoms with Crippen LogP contribution in [-0.4, -0.2) is 5.71 Å². The largest absolute Gasteiger partial charge is 0.260 e. The summed E-state index contributed by atoms with van der Waals surface area (Å²) in [6.45, 7) is 0. The Hall–Kier alpha value is -0.890. The van der Waals surface area contributed by atoms with Crippen LogP contribution in [0.15, 0.2) is 51.6 Å². The van der Waals surface area contributed by atoms with Crippen molar-refractivity contribution >= 4 is 21.6 Å². The molecule has 2 rings (SSSR count). The molecule has 0 saturated carbocycles. The highest BCUT2D eigenvalue weighted by Crippen LogP contribution is 2.21. The highest BCUT2D eigenvalue weighted by Gasteiger charge is 2.08. The van der Waals surface area contributed by atoms with Gasteiger partial charge in [-0.1, -0.05) is 18.2 Å². The lowest BCUT2D eigenvalue weighted by molar-refractivity contribution is 1.36. The summed E-state index contributed by atoms with van der Waals surface area (Å²) in [6.07, 6.45) is 13.0. The molecule has 60 valence electrons. The second-order valence-electron chi connectivity index (χ2n) is 2.71. The lowest BCUT2D eigenvalue weighted by Gasteiger charge is -2.00. The van der Waals surface area contributed by atoms with Crippen LogP contribution in [0.5, 0.6) is 0 Å². The van der Waals surface area contributed by atoms with E-state index in [-0.39, 0.29) is 0 Å².